The summed E-state index contributed by atoms with van der Waals surface area (Å²) in [6.07, 6.45) is -0.803. The molecule has 0 saturated carbocycles. The summed E-state index contributed by atoms with van der Waals surface area (Å²) in [4.78, 5) is 2.45. The van der Waals surface area contributed by atoms with Gasteiger partial charge < -0.3 is 10.0 Å². The first-order valence-corrected chi connectivity index (χ1v) is 12.1. The molecule has 0 aromatic heterocycles. The fourth-order valence-electron chi connectivity index (χ4n) is 3.58. The molecule has 1 atom stereocenters. The van der Waals surface area contributed by atoms with E-state index in [0.29, 0.717) is 24.1 Å². The smallest absolute Gasteiger partial charge is 0.264 e. The molecule has 0 amide bonds. The van der Waals surface area contributed by atoms with Gasteiger partial charge in [0.15, 0.2) is 0 Å². The number of aliphatic hydroxyl groups is 1. The van der Waals surface area contributed by atoms with E-state index >= 15 is 0 Å². The molecule has 0 heterocycles. The van der Waals surface area contributed by atoms with Crippen LogP contribution < -0.4 is 4.31 Å². The minimum atomic E-state index is -3.79. The maximum atomic E-state index is 13.4. The first kappa shape index (κ1) is 24.4. The molecule has 2 aromatic rings. The highest BCUT2D eigenvalue weighted by Gasteiger charge is 2.28. The van der Waals surface area contributed by atoms with Crippen molar-refractivity contribution in [3.05, 3.63) is 60.2 Å². The van der Waals surface area contributed by atoms with Crippen molar-refractivity contribution in [1.29, 1.82) is 0 Å². The van der Waals surface area contributed by atoms with E-state index in [1.165, 1.54) is 4.31 Å². The number of anilines is 1. The van der Waals surface area contributed by atoms with Crippen LogP contribution in [-0.4, -0.2) is 50.7 Å². The van der Waals surface area contributed by atoms with Gasteiger partial charge in [0.25, 0.3) is 10.0 Å². The molecule has 1 N–H and O–H groups in total. The van der Waals surface area contributed by atoms with Crippen LogP contribution in [0.3, 0.4) is 0 Å². The Morgan fingerprint density at radius 1 is 0.800 bits per heavy atom. The average molecular weight is 433 g/mol. The summed E-state index contributed by atoms with van der Waals surface area (Å²) in [5.41, 5.74) is 1.61. The number of hydrogen-bond donors (Lipinski definition) is 1. The van der Waals surface area contributed by atoms with Crippen LogP contribution in [0.15, 0.2) is 59.5 Å². The Morgan fingerprint density at radius 2 is 1.33 bits per heavy atom. The highest BCUT2D eigenvalue weighted by Crippen LogP contribution is 2.24. The molecule has 6 heteroatoms. The Morgan fingerprint density at radius 3 is 1.83 bits per heavy atom. The third-order valence-corrected chi connectivity index (χ3v) is 6.55. The molecule has 2 aromatic carbocycles. The maximum Gasteiger partial charge on any atom is 0.264 e. The number of rotatable bonds is 11. The molecule has 2 rings (SSSR count). The van der Waals surface area contributed by atoms with E-state index in [2.05, 4.69) is 32.6 Å². The second kappa shape index (κ2) is 10.9. The quantitative estimate of drug-likeness (QED) is 0.579. The lowest BCUT2D eigenvalue weighted by Crippen LogP contribution is -2.44. The minimum Gasteiger partial charge on any atom is -0.390 e. The predicted molar refractivity (Wildman–Crippen MR) is 124 cm³/mol. The summed E-state index contributed by atoms with van der Waals surface area (Å²) in [6.45, 7) is 12.7. The van der Waals surface area contributed by atoms with E-state index in [1.807, 2.05) is 19.1 Å². The zero-order valence-electron chi connectivity index (χ0n) is 18.8. The van der Waals surface area contributed by atoms with Crippen LogP contribution in [0.1, 0.15) is 33.3 Å². The average Bonchev–Trinajstić information content (AvgIpc) is 2.66. The van der Waals surface area contributed by atoms with E-state index in [9.17, 15) is 13.5 Å². The Bertz CT molecular complexity index is 855. The molecular weight excluding hydrogens is 396 g/mol. The standard InChI is InChI=1S/C24H36N2O3S/c1-19(2)15-25(16-20(3)4)17-23(27)18-26(22-13-11-21(5)12-14-22)30(28,29)24-9-7-6-8-10-24/h6-14,19-20,23,27H,15-18H2,1-5H3. The van der Waals surface area contributed by atoms with Crippen molar-refractivity contribution in [3.63, 3.8) is 0 Å². The van der Waals surface area contributed by atoms with E-state index < -0.39 is 16.1 Å². The molecule has 0 aliphatic carbocycles. The second-order valence-corrected chi connectivity index (χ2v) is 10.7. The van der Waals surface area contributed by atoms with Crippen molar-refractivity contribution < 1.29 is 13.5 Å². The van der Waals surface area contributed by atoms with Crippen LogP contribution in [0.5, 0.6) is 0 Å². The molecule has 0 fully saturated rings. The lowest BCUT2D eigenvalue weighted by Gasteiger charge is -2.31. The van der Waals surface area contributed by atoms with Gasteiger partial charge in [0.05, 0.1) is 23.2 Å². The SMILES string of the molecule is Cc1ccc(N(CC(O)CN(CC(C)C)CC(C)C)S(=O)(=O)c2ccccc2)cc1. The van der Waals surface area contributed by atoms with E-state index in [0.717, 1.165) is 18.7 Å². The predicted octanol–water partition coefficient (Wildman–Crippen LogP) is 4.17. The monoisotopic (exact) mass is 432 g/mol. The van der Waals surface area contributed by atoms with Gasteiger partial charge in [0.2, 0.25) is 0 Å². The zero-order valence-corrected chi connectivity index (χ0v) is 19.6. The number of benzene rings is 2. The van der Waals surface area contributed by atoms with Crippen molar-refractivity contribution in [2.75, 3.05) is 30.5 Å². The molecule has 0 bridgehead atoms. The summed E-state index contributed by atoms with van der Waals surface area (Å²) in [5.74, 6) is 0.939. The van der Waals surface area contributed by atoms with Crippen LogP contribution in [-0.2, 0) is 10.0 Å². The molecule has 0 aliphatic rings. The Labute approximate surface area is 182 Å². The van der Waals surface area contributed by atoms with Gasteiger partial charge in [-0.3, -0.25) is 4.31 Å². The topological polar surface area (TPSA) is 60.9 Å². The zero-order chi connectivity index (χ0) is 22.3. The van der Waals surface area contributed by atoms with E-state index in [4.69, 9.17) is 0 Å². The number of sulfonamides is 1. The largest absolute Gasteiger partial charge is 0.390 e. The molecule has 0 radical (unpaired) electrons. The van der Waals surface area contributed by atoms with Gasteiger partial charge in [0, 0.05) is 19.6 Å². The molecule has 0 spiro atoms. The van der Waals surface area contributed by atoms with E-state index in [-0.39, 0.29) is 11.4 Å². The minimum absolute atomic E-state index is 0.00692. The van der Waals surface area contributed by atoms with Crippen LogP contribution in [0.25, 0.3) is 0 Å². The van der Waals surface area contributed by atoms with Crippen molar-refractivity contribution in [2.24, 2.45) is 11.8 Å². The van der Waals surface area contributed by atoms with Gasteiger partial charge >= 0.3 is 0 Å². The summed E-state index contributed by atoms with van der Waals surface area (Å²) in [7, 11) is -3.79. The van der Waals surface area contributed by atoms with Gasteiger partial charge in [-0.05, 0) is 43.0 Å². The van der Waals surface area contributed by atoms with Gasteiger partial charge in [0.1, 0.15) is 0 Å². The number of aryl methyl sites for hydroxylation is 1. The maximum absolute atomic E-state index is 13.4. The fourth-order valence-corrected chi connectivity index (χ4v) is 5.10. The summed E-state index contributed by atoms with van der Waals surface area (Å²) < 4.78 is 28.1. The molecular formula is C24H36N2O3S. The number of nitrogens with zero attached hydrogens (tertiary/aromatic N) is 2. The van der Waals surface area contributed by atoms with Crippen molar-refractivity contribution >= 4 is 15.7 Å². The Kier molecular flexibility index (Phi) is 8.89. The lowest BCUT2D eigenvalue weighted by molar-refractivity contribution is 0.104. The van der Waals surface area contributed by atoms with Gasteiger partial charge in [-0.1, -0.05) is 63.6 Å². The van der Waals surface area contributed by atoms with Gasteiger partial charge in [-0.15, -0.1) is 0 Å². The fraction of sp³-hybridized carbons (Fsp3) is 0.500. The van der Waals surface area contributed by atoms with Crippen molar-refractivity contribution in [3.8, 4) is 0 Å². The molecule has 5 nitrogen and oxygen atoms in total. The molecule has 0 saturated heterocycles. The van der Waals surface area contributed by atoms with Crippen molar-refractivity contribution in [2.45, 2.75) is 45.6 Å². The van der Waals surface area contributed by atoms with Crippen LogP contribution >= 0.6 is 0 Å². The summed E-state index contributed by atoms with van der Waals surface area (Å²) >= 11 is 0. The highest BCUT2D eigenvalue weighted by atomic mass is 32.2. The molecule has 1 unspecified atom stereocenters. The third kappa shape index (κ3) is 7.11. The lowest BCUT2D eigenvalue weighted by atomic mass is 10.1. The summed E-state index contributed by atoms with van der Waals surface area (Å²) in [6, 6.07) is 15.8. The van der Waals surface area contributed by atoms with Gasteiger partial charge in [-0.25, -0.2) is 8.42 Å². The molecule has 0 aliphatic heterocycles. The van der Waals surface area contributed by atoms with E-state index in [1.54, 1.807) is 42.5 Å². The van der Waals surface area contributed by atoms with Gasteiger partial charge in [-0.2, -0.15) is 0 Å². The highest BCUT2D eigenvalue weighted by molar-refractivity contribution is 7.92. The normalized spacial score (nSPS) is 13.2. The van der Waals surface area contributed by atoms with Crippen LogP contribution in [0, 0.1) is 18.8 Å². The third-order valence-electron chi connectivity index (χ3n) is 4.75. The second-order valence-electron chi connectivity index (χ2n) is 8.84. The first-order valence-electron chi connectivity index (χ1n) is 10.6. The van der Waals surface area contributed by atoms with Crippen molar-refractivity contribution in [1.82, 2.24) is 4.90 Å². The Balaban J connectivity index is 2.29. The summed E-state index contributed by atoms with van der Waals surface area (Å²) in [5, 5.41) is 10.9. The Hall–Kier alpha value is -1.89. The number of hydrogen-bond acceptors (Lipinski definition) is 4. The molecule has 166 valence electrons. The number of aliphatic hydroxyl groups excluding tert-OH is 1. The first-order chi connectivity index (χ1) is 14.1. The van der Waals surface area contributed by atoms with Crippen LogP contribution in [0.2, 0.25) is 0 Å². The van der Waals surface area contributed by atoms with Crippen LogP contribution in [0.4, 0.5) is 5.69 Å². The molecule has 30 heavy (non-hydrogen) atoms.